The Hall–Kier alpha value is -2.24. The lowest BCUT2D eigenvalue weighted by atomic mass is 10.1. The summed E-state index contributed by atoms with van der Waals surface area (Å²) in [5, 5.41) is 0.937. The normalized spacial score (nSPS) is 15.5. The number of pyridine rings is 1. The van der Waals surface area contributed by atoms with Crippen molar-refractivity contribution < 1.29 is 4.79 Å². The molecule has 134 valence electrons. The first kappa shape index (κ1) is 17.2. The van der Waals surface area contributed by atoms with Crippen molar-refractivity contribution in [3.8, 4) is 10.6 Å². The molecule has 0 atom stereocenters. The number of hydrogen-bond acceptors (Lipinski definition) is 4. The smallest absolute Gasteiger partial charge is 0.254 e. The summed E-state index contributed by atoms with van der Waals surface area (Å²) in [4.78, 5) is 24.8. The predicted molar refractivity (Wildman–Crippen MR) is 108 cm³/mol. The molecule has 1 aromatic carbocycles. The molecule has 3 heterocycles. The number of fused-ring (bicyclic) bond motifs is 1. The van der Waals surface area contributed by atoms with E-state index >= 15 is 0 Å². The van der Waals surface area contributed by atoms with Gasteiger partial charge in [0.05, 0.1) is 21.7 Å². The standard InChI is InChI=1S/C21H23N3OS/c1-3-23-10-12-24(13-11-23)21(25)17-14-19(20-9-8-15(2)26-20)22-18-7-5-4-6-16(17)18/h4-9,14H,3,10-13H2,1-2H3. The Kier molecular flexibility index (Phi) is 4.74. The number of hydrogen-bond donors (Lipinski definition) is 0. The Morgan fingerprint density at radius 1 is 1.12 bits per heavy atom. The molecular formula is C21H23N3OS. The van der Waals surface area contributed by atoms with Gasteiger partial charge >= 0.3 is 0 Å². The van der Waals surface area contributed by atoms with Gasteiger partial charge in [-0.05, 0) is 37.7 Å². The number of aromatic nitrogens is 1. The number of nitrogens with zero attached hydrogens (tertiary/aromatic N) is 3. The summed E-state index contributed by atoms with van der Waals surface area (Å²) < 4.78 is 0. The van der Waals surface area contributed by atoms with Gasteiger partial charge in [-0.25, -0.2) is 4.98 Å². The van der Waals surface area contributed by atoms with Gasteiger partial charge in [-0.15, -0.1) is 11.3 Å². The van der Waals surface area contributed by atoms with Gasteiger partial charge in [0.2, 0.25) is 0 Å². The van der Waals surface area contributed by atoms with Crippen LogP contribution in [-0.2, 0) is 0 Å². The molecule has 3 aromatic rings. The minimum Gasteiger partial charge on any atom is -0.336 e. The molecular weight excluding hydrogens is 342 g/mol. The van der Waals surface area contributed by atoms with Crippen molar-refractivity contribution in [2.45, 2.75) is 13.8 Å². The van der Waals surface area contributed by atoms with Crippen LogP contribution in [0.2, 0.25) is 0 Å². The van der Waals surface area contributed by atoms with Crippen molar-refractivity contribution in [3.63, 3.8) is 0 Å². The summed E-state index contributed by atoms with van der Waals surface area (Å²) in [6.07, 6.45) is 0. The molecule has 0 N–H and O–H groups in total. The van der Waals surface area contributed by atoms with Crippen molar-refractivity contribution in [2.24, 2.45) is 0 Å². The number of aryl methyl sites for hydroxylation is 1. The molecule has 5 heteroatoms. The van der Waals surface area contributed by atoms with Crippen LogP contribution in [0.15, 0.2) is 42.5 Å². The summed E-state index contributed by atoms with van der Waals surface area (Å²) in [5.41, 5.74) is 2.53. The first-order valence-corrected chi connectivity index (χ1v) is 9.95. The molecule has 4 nitrogen and oxygen atoms in total. The maximum Gasteiger partial charge on any atom is 0.254 e. The third-order valence-electron chi connectivity index (χ3n) is 5.05. The van der Waals surface area contributed by atoms with Gasteiger partial charge < -0.3 is 9.80 Å². The first-order chi connectivity index (χ1) is 12.7. The van der Waals surface area contributed by atoms with E-state index in [1.807, 2.05) is 35.2 Å². The predicted octanol–water partition coefficient (Wildman–Crippen LogP) is 4.05. The largest absolute Gasteiger partial charge is 0.336 e. The Bertz CT molecular complexity index is 941. The Morgan fingerprint density at radius 2 is 1.88 bits per heavy atom. The lowest BCUT2D eigenvalue weighted by Crippen LogP contribution is -2.48. The number of thiophene rings is 1. The maximum atomic E-state index is 13.3. The molecule has 2 aromatic heterocycles. The molecule has 0 spiro atoms. The van der Waals surface area contributed by atoms with Crippen LogP contribution in [-0.4, -0.2) is 53.4 Å². The van der Waals surface area contributed by atoms with E-state index in [9.17, 15) is 4.79 Å². The average molecular weight is 366 g/mol. The number of benzene rings is 1. The highest BCUT2D eigenvalue weighted by molar-refractivity contribution is 7.15. The van der Waals surface area contributed by atoms with Crippen molar-refractivity contribution in [1.82, 2.24) is 14.8 Å². The molecule has 0 unspecified atom stereocenters. The molecule has 4 rings (SSSR count). The minimum absolute atomic E-state index is 0.119. The molecule has 1 aliphatic heterocycles. The number of likely N-dealkylation sites (N-methyl/N-ethyl adjacent to an activating group) is 1. The van der Waals surface area contributed by atoms with Crippen LogP contribution in [0.3, 0.4) is 0 Å². The quantitative estimate of drug-likeness (QED) is 0.703. The van der Waals surface area contributed by atoms with Crippen molar-refractivity contribution >= 4 is 28.1 Å². The molecule has 0 radical (unpaired) electrons. The highest BCUT2D eigenvalue weighted by Gasteiger charge is 2.23. The zero-order valence-corrected chi connectivity index (χ0v) is 16.1. The number of piperazine rings is 1. The van der Waals surface area contributed by atoms with Crippen LogP contribution in [0, 0.1) is 6.92 Å². The van der Waals surface area contributed by atoms with Gasteiger partial charge in [-0.3, -0.25) is 4.79 Å². The SMILES string of the molecule is CCN1CCN(C(=O)c2cc(-c3ccc(C)s3)nc3ccccc23)CC1. The van der Waals surface area contributed by atoms with E-state index in [0.29, 0.717) is 0 Å². The van der Waals surface area contributed by atoms with Crippen LogP contribution >= 0.6 is 11.3 Å². The fourth-order valence-electron chi connectivity index (χ4n) is 3.49. The lowest BCUT2D eigenvalue weighted by molar-refractivity contribution is 0.0645. The van der Waals surface area contributed by atoms with E-state index in [2.05, 4.69) is 30.9 Å². The summed E-state index contributed by atoms with van der Waals surface area (Å²) in [6.45, 7) is 8.78. The highest BCUT2D eigenvalue weighted by Crippen LogP contribution is 2.30. The second-order valence-corrected chi connectivity index (χ2v) is 8.00. The second kappa shape index (κ2) is 7.17. The maximum absolute atomic E-state index is 13.3. The van der Waals surface area contributed by atoms with E-state index in [-0.39, 0.29) is 5.91 Å². The number of carbonyl (C=O) groups is 1. The molecule has 26 heavy (non-hydrogen) atoms. The van der Waals surface area contributed by atoms with Crippen LogP contribution in [0.25, 0.3) is 21.5 Å². The fourth-order valence-corrected chi connectivity index (χ4v) is 4.32. The van der Waals surface area contributed by atoms with E-state index in [1.54, 1.807) is 11.3 Å². The average Bonchev–Trinajstić information content (AvgIpc) is 3.13. The van der Waals surface area contributed by atoms with Crippen LogP contribution < -0.4 is 0 Å². The van der Waals surface area contributed by atoms with E-state index in [1.165, 1.54) is 4.88 Å². The van der Waals surface area contributed by atoms with Gasteiger partial charge in [-0.2, -0.15) is 0 Å². The summed E-state index contributed by atoms with van der Waals surface area (Å²) in [5.74, 6) is 0.119. The van der Waals surface area contributed by atoms with E-state index in [4.69, 9.17) is 4.98 Å². The fraction of sp³-hybridized carbons (Fsp3) is 0.333. The number of para-hydroxylation sites is 1. The number of rotatable bonds is 3. The molecule has 1 aliphatic rings. The third-order valence-corrected chi connectivity index (χ3v) is 6.07. The van der Waals surface area contributed by atoms with Crippen LogP contribution in [0.4, 0.5) is 0 Å². The van der Waals surface area contributed by atoms with Gasteiger partial charge in [0.15, 0.2) is 0 Å². The van der Waals surface area contributed by atoms with Crippen molar-refractivity contribution in [3.05, 3.63) is 52.9 Å². The van der Waals surface area contributed by atoms with Crippen molar-refractivity contribution in [1.29, 1.82) is 0 Å². The zero-order valence-electron chi connectivity index (χ0n) is 15.2. The molecule has 1 fully saturated rings. The number of carbonyl (C=O) groups excluding carboxylic acids is 1. The second-order valence-electron chi connectivity index (χ2n) is 6.71. The molecule has 1 saturated heterocycles. The van der Waals surface area contributed by atoms with Gasteiger partial charge in [0.1, 0.15) is 0 Å². The summed E-state index contributed by atoms with van der Waals surface area (Å²) in [7, 11) is 0. The monoisotopic (exact) mass is 365 g/mol. The molecule has 0 saturated carbocycles. The van der Waals surface area contributed by atoms with Crippen LogP contribution in [0.1, 0.15) is 22.2 Å². The molecule has 0 aliphatic carbocycles. The Labute approximate surface area is 158 Å². The molecule has 1 amide bonds. The lowest BCUT2D eigenvalue weighted by Gasteiger charge is -2.34. The highest BCUT2D eigenvalue weighted by atomic mass is 32.1. The first-order valence-electron chi connectivity index (χ1n) is 9.14. The zero-order chi connectivity index (χ0) is 18.1. The van der Waals surface area contributed by atoms with E-state index in [0.717, 1.165) is 59.8 Å². The third kappa shape index (κ3) is 3.24. The van der Waals surface area contributed by atoms with Gasteiger partial charge in [0.25, 0.3) is 5.91 Å². The number of amides is 1. The molecule has 0 bridgehead atoms. The minimum atomic E-state index is 0.119. The van der Waals surface area contributed by atoms with Crippen molar-refractivity contribution in [2.75, 3.05) is 32.7 Å². The summed E-state index contributed by atoms with van der Waals surface area (Å²) >= 11 is 1.71. The topological polar surface area (TPSA) is 36.4 Å². The summed E-state index contributed by atoms with van der Waals surface area (Å²) in [6, 6.07) is 14.1. The van der Waals surface area contributed by atoms with E-state index < -0.39 is 0 Å². The van der Waals surface area contributed by atoms with Gasteiger partial charge in [-0.1, -0.05) is 25.1 Å². The Balaban J connectivity index is 1.74. The Morgan fingerprint density at radius 3 is 2.58 bits per heavy atom. The van der Waals surface area contributed by atoms with Crippen LogP contribution in [0.5, 0.6) is 0 Å². The van der Waals surface area contributed by atoms with Gasteiger partial charge in [0, 0.05) is 36.4 Å².